The van der Waals surface area contributed by atoms with E-state index < -0.39 is 67.1 Å². The van der Waals surface area contributed by atoms with Gasteiger partial charge in [0.05, 0.1) is 12.1 Å². The predicted molar refractivity (Wildman–Crippen MR) is 189 cm³/mol. The van der Waals surface area contributed by atoms with Crippen LogP contribution in [-0.2, 0) is 28.6 Å². The maximum atomic E-state index is 14.8. The van der Waals surface area contributed by atoms with Crippen LogP contribution in [0.2, 0.25) is 0 Å². The van der Waals surface area contributed by atoms with E-state index in [9.17, 15) is 28.4 Å². The molecule has 3 N–H and O–H groups in total. The van der Waals surface area contributed by atoms with E-state index in [1.165, 1.54) is 0 Å². The first-order chi connectivity index (χ1) is 24.8. The lowest BCUT2D eigenvalue weighted by molar-refractivity contribution is -0.152. The highest BCUT2D eigenvalue weighted by atomic mass is 19.1. The highest BCUT2D eigenvalue weighted by molar-refractivity contribution is 5.98. The monoisotopic (exact) mass is 727 g/mol. The molecule has 1 aliphatic heterocycles. The Kier molecular flexibility index (Phi) is 12.9. The van der Waals surface area contributed by atoms with Crippen molar-refractivity contribution in [2.45, 2.75) is 128 Å². The van der Waals surface area contributed by atoms with Crippen molar-refractivity contribution in [2.75, 3.05) is 13.5 Å². The molecule has 2 aromatic rings. The third kappa shape index (κ3) is 9.06. The van der Waals surface area contributed by atoms with E-state index in [4.69, 9.17) is 24.4 Å². The summed E-state index contributed by atoms with van der Waals surface area (Å²) in [5.74, 6) is -3.08. The number of alkyl halides is 1. The highest BCUT2D eigenvalue weighted by Crippen LogP contribution is 2.51. The third-order valence-corrected chi connectivity index (χ3v) is 10.9. The number of likely N-dealkylation sites (tertiary alicyclic amines) is 1. The van der Waals surface area contributed by atoms with Gasteiger partial charge in [0.25, 0.3) is 0 Å². The molecule has 3 amide bonds. The number of amides is 3. The number of nitrogens with zero attached hydrogens (tertiary/aromatic N) is 1. The lowest BCUT2D eigenvalue weighted by atomic mass is 9.75. The summed E-state index contributed by atoms with van der Waals surface area (Å²) in [6, 6.07) is 4.72. The van der Waals surface area contributed by atoms with Gasteiger partial charge in [-0.2, -0.15) is 0 Å². The number of benzene rings is 1. The van der Waals surface area contributed by atoms with Crippen LogP contribution in [0.3, 0.4) is 0 Å². The van der Waals surface area contributed by atoms with Crippen LogP contribution in [0, 0.1) is 23.7 Å². The summed E-state index contributed by atoms with van der Waals surface area (Å²) in [6.07, 6.45) is 7.24. The van der Waals surface area contributed by atoms with Crippen LogP contribution < -0.4 is 11.1 Å². The van der Waals surface area contributed by atoms with Gasteiger partial charge >= 0.3 is 18.0 Å². The zero-order valence-electron chi connectivity index (χ0n) is 30.8. The number of hydrogen-bond acceptors (Lipinski definition) is 9. The van der Waals surface area contributed by atoms with Gasteiger partial charge in [-0.25, -0.2) is 14.0 Å². The van der Waals surface area contributed by atoms with Crippen LogP contribution in [-0.4, -0.2) is 65.9 Å². The minimum absolute atomic E-state index is 0.120. The number of fused-ring (bicyclic) bond motifs is 1. The predicted octanol–water partition coefficient (Wildman–Crippen LogP) is 6.88. The summed E-state index contributed by atoms with van der Waals surface area (Å²) in [5, 5.41) is 3.27. The molecular formula is C39H54FN3O9. The summed E-state index contributed by atoms with van der Waals surface area (Å²) < 4.78 is 36.1. The molecular weight excluding hydrogens is 673 g/mol. The number of halogens is 1. The van der Waals surface area contributed by atoms with Crippen LogP contribution in [0.15, 0.2) is 28.7 Å². The SMILES string of the molecule is CCCC(=O)OCOC(=O)c1oc2ccccc2c1C1C[C@@H](C2CCCCC2)[C@@H](C(N)=O)N1C(=O)C1CCC(C(CF)NC(=O)OC(C)(C)C)CC1. The quantitative estimate of drug-likeness (QED) is 0.175. The molecule has 3 aliphatic rings. The zero-order valence-corrected chi connectivity index (χ0v) is 30.8. The maximum absolute atomic E-state index is 14.8. The zero-order chi connectivity index (χ0) is 37.6. The molecule has 4 atom stereocenters. The van der Waals surface area contributed by atoms with E-state index in [2.05, 4.69) is 5.32 Å². The Morgan fingerprint density at radius 1 is 1.00 bits per heavy atom. The van der Waals surface area contributed by atoms with E-state index in [1.807, 2.05) is 19.1 Å². The number of ether oxygens (including phenoxy) is 3. The first-order valence-corrected chi connectivity index (χ1v) is 18.8. The Morgan fingerprint density at radius 2 is 1.69 bits per heavy atom. The van der Waals surface area contributed by atoms with Crippen LogP contribution in [0.1, 0.15) is 127 Å². The fourth-order valence-corrected chi connectivity index (χ4v) is 8.57. The maximum Gasteiger partial charge on any atom is 0.407 e. The second kappa shape index (κ2) is 17.1. The number of furan rings is 1. The molecule has 2 aliphatic carbocycles. The van der Waals surface area contributed by atoms with Crippen molar-refractivity contribution in [1.82, 2.24) is 10.2 Å². The standard InChI is InChI=1S/C39H54FN3O9/c1-5-11-31(44)49-22-50-37(47)34-32(26-14-9-10-15-30(26)51-34)29-20-27(23-12-7-6-8-13-23)33(35(41)45)43(29)36(46)25-18-16-24(17-19-25)28(21-40)42-38(48)52-39(2,3)4/h9-10,14-15,23-25,27-29,33H,5-8,11-13,16-22H2,1-4H3,(H2,41,45)(H,42,48)/t24?,25?,27-,28?,29?,33-/m0/s1. The van der Waals surface area contributed by atoms with E-state index >= 15 is 0 Å². The second-order valence-electron chi connectivity index (χ2n) is 15.6. The van der Waals surface area contributed by atoms with Crippen molar-refractivity contribution < 1.29 is 47.0 Å². The largest absolute Gasteiger partial charge is 0.449 e. The van der Waals surface area contributed by atoms with Crippen molar-refractivity contribution in [3.63, 3.8) is 0 Å². The molecule has 286 valence electrons. The van der Waals surface area contributed by atoms with Gasteiger partial charge in [-0.3, -0.25) is 14.4 Å². The minimum atomic E-state index is -0.904. The number of nitrogens with two attached hydrogens (primary N) is 1. The van der Waals surface area contributed by atoms with Crippen molar-refractivity contribution >= 4 is 40.8 Å². The number of hydrogen-bond donors (Lipinski definition) is 2. The van der Waals surface area contributed by atoms with Crippen molar-refractivity contribution in [2.24, 2.45) is 29.4 Å². The van der Waals surface area contributed by atoms with Gasteiger partial charge in [-0.1, -0.05) is 57.2 Å². The van der Waals surface area contributed by atoms with Gasteiger partial charge < -0.3 is 34.6 Å². The van der Waals surface area contributed by atoms with E-state index in [-0.39, 0.29) is 35.8 Å². The Hall–Kier alpha value is -4.16. The molecule has 2 heterocycles. The first kappa shape index (κ1) is 39.1. The van der Waals surface area contributed by atoms with Crippen LogP contribution in [0.5, 0.6) is 0 Å². The number of nitrogens with one attached hydrogen (secondary N) is 1. The molecule has 1 aromatic heterocycles. The smallest absolute Gasteiger partial charge is 0.407 e. The molecule has 0 radical (unpaired) electrons. The Labute approximate surface area is 304 Å². The summed E-state index contributed by atoms with van der Waals surface area (Å²) in [6.45, 7) is 5.68. The van der Waals surface area contributed by atoms with Crippen LogP contribution >= 0.6 is 0 Å². The van der Waals surface area contributed by atoms with Gasteiger partial charge in [-0.15, -0.1) is 0 Å². The van der Waals surface area contributed by atoms with Crippen LogP contribution in [0.25, 0.3) is 11.0 Å². The number of rotatable bonds is 12. The fourth-order valence-electron chi connectivity index (χ4n) is 8.57. The minimum Gasteiger partial charge on any atom is -0.449 e. The topological polar surface area (TPSA) is 167 Å². The Balaban J connectivity index is 1.44. The molecule has 12 nitrogen and oxygen atoms in total. The molecule has 5 rings (SSSR count). The number of carbonyl (C=O) groups excluding carboxylic acids is 5. The normalized spacial score (nSPS) is 24.6. The molecule has 0 bridgehead atoms. The molecule has 13 heteroatoms. The van der Waals surface area contributed by atoms with Crippen LogP contribution in [0.4, 0.5) is 9.18 Å². The molecule has 1 saturated heterocycles. The van der Waals surface area contributed by atoms with Crippen molar-refractivity contribution in [1.29, 1.82) is 0 Å². The number of para-hydroxylation sites is 1. The molecule has 0 spiro atoms. The van der Waals surface area contributed by atoms with Gasteiger partial charge in [0.1, 0.15) is 23.9 Å². The third-order valence-electron chi connectivity index (χ3n) is 10.9. The fraction of sp³-hybridized carbons (Fsp3) is 0.667. The molecule has 3 fully saturated rings. The van der Waals surface area contributed by atoms with Gasteiger partial charge in [0.2, 0.25) is 24.4 Å². The van der Waals surface area contributed by atoms with Gasteiger partial charge in [0.15, 0.2) is 0 Å². The number of carbonyl (C=O) groups is 5. The lowest BCUT2D eigenvalue weighted by Gasteiger charge is -2.38. The second-order valence-corrected chi connectivity index (χ2v) is 15.6. The number of primary amides is 1. The number of alkyl carbamates (subject to hydrolysis) is 1. The summed E-state index contributed by atoms with van der Waals surface area (Å²) in [7, 11) is 0. The molecule has 1 aromatic carbocycles. The Bertz CT molecular complexity index is 1590. The summed E-state index contributed by atoms with van der Waals surface area (Å²) >= 11 is 0. The Morgan fingerprint density at radius 3 is 2.33 bits per heavy atom. The average Bonchev–Trinajstić information content (AvgIpc) is 3.70. The molecule has 2 unspecified atom stereocenters. The summed E-state index contributed by atoms with van der Waals surface area (Å²) in [4.78, 5) is 67.9. The highest BCUT2D eigenvalue weighted by Gasteiger charge is 2.53. The first-order valence-electron chi connectivity index (χ1n) is 18.8. The molecule has 2 saturated carbocycles. The number of esters is 2. The van der Waals surface area contributed by atoms with Gasteiger partial charge in [0, 0.05) is 23.3 Å². The van der Waals surface area contributed by atoms with Crippen molar-refractivity contribution in [3.05, 3.63) is 35.6 Å². The van der Waals surface area contributed by atoms with Crippen molar-refractivity contribution in [3.8, 4) is 0 Å². The lowest BCUT2D eigenvalue weighted by Crippen LogP contribution is -2.51. The summed E-state index contributed by atoms with van der Waals surface area (Å²) in [5.41, 5.74) is 6.29. The van der Waals surface area contributed by atoms with E-state index in [0.29, 0.717) is 55.1 Å². The average molecular weight is 728 g/mol. The van der Waals surface area contributed by atoms with Gasteiger partial charge in [-0.05, 0) is 83.1 Å². The van der Waals surface area contributed by atoms with E-state index in [0.717, 1.165) is 32.1 Å². The van der Waals surface area contributed by atoms with E-state index in [1.54, 1.807) is 37.8 Å². The molecule has 52 heavy (non-hydrogen) atoms.